The first kappa shape index (κ1) is 28.7. The fourth-order valence-electron chi connectivity index (χ4n) is 6.39. The Morgan fingerprint density at radius 1 is 1.05 bits per heavy atom. The number of aliphatic carboxylic acids is 1. The molecule has 9 nitrogen and oxygen atoms in total. The van der Waals surface area contributed by atoms with Crippen molar-refractivity contribution in [1.82, 2.24) is 14.9 Å². The lowest BCUT2D eigenvalue weighted by Crippen LogP contribution is -2.48. The first-order valence-electron chi connectivity index (χ1n) is 14.9. The first-order chi connectivity index (χ1) is 20.4. The molecule has 3 aliphatic rings. The van der Waals surface area contributed by atoms with Gasteiger partial charge in [0, 0.05) is 55.5 Å². The maximum absolute atomic E-state index is 11.2. The van der Waals surface area contributed by atoms with Gasteiger partial charge < -0.3 is 25.2 Å². The Bertz CT molecular complexity index is 1410. The number of hydrogen-bond donors (Lipinski definition) is 2. The lowest BCUT2D eigenvalue weighted by molar-refractivity contribution is -0.141. The molecule has 1 aliphatic heterocycles. The number of aryl methyl sites for hydroxylation is 1. The third-order valence-electron chi connectivity index (χ3n) is 8.77. The Kier molecular flexibility index (Phi) is 8.79. The van der Waals surface area contributed by atoms with Crippen molar-refractivity contribution < 1.29 is 19.4 Å². The number of aromatic nitrogens is 2. The van der Waals surface area contributed by atoms with Gasteiger partial charge in [0.25, 0.3) is 0 Å². The summed E-state index contributed by atoms with van der Waals surface area (Å²) < 4.78 is 12.0. The number of nitrogen functional groups attached to an aromatic ring is 1. The van der Waals surface area contributed by atoms with Gasteiger partial charge in [0.15, 0.2) is 0 Å². The molecule has 0 radical (unpaired) electrons. The fourth-order valence-corrected chi connectivity index (χ4v) is 6.51. The van der Waals surface area contributed by atoms with Gasteiger partial charge in [-0.1, -0.05) is 23.7 Å². The molecule has 2 unspecified atom stereocenters. The molecule has 10 heteroatoms. The lowest BCUT2D eigenvalue weighted by atomic mass is 9.88. The van der Waals surface area contributed by atoms with Gasteiger partial charge in [-0.05, 0) is 79.5 Å². The summed E-state index contributed by atoms with van der Waals surface area (Å²) in [5, 5.41) is 9.91. The Morgan fingerprint density at radius 2 is 1.86 bits per heavy atom. The third-order valence-corrected chi connectivity index (χ3v) is 9.02. The van der Waals surface area contributed by atoms with Crippen LogP contribution in [0.2, 0.25) is 5.02 Å². The average Bonchev–Trinajstić information content (AvgIpc) is 3.48. The molecule has 2 aromatic carbocycles. The van der Waals surface area contributed by atoms with E-state index in [4.69, 9.17) is 31.8 Å². The molecule has 1 saturated heterocycles. The highest BCUT2D eigenvalue weighted by Crippen LogP contribution is 2.39. The van der Waals surface area contributed by atoms with E-state index in [2.05, 4.69) is 26.9 Å². The predicted molar refractivity (Wildman–Crippen MR) is 163 cm³/mol. The molecule has 2 atom stereocenters. The van der Waals surface area contributed by atoms with Crippen LogP contribution in [0.4, 0.5) is 11.8 Å². The maximum atomic E-state index is 11.2. The molecule has 42 heavy (non-hydrogen) atoms. The fraction of sp³-hybridized carbons (Fsp3) is 0.469. The number of benzene rings is 2. The third kappa shape index (κ3) is 6.64. The zero-order valence-corrected chi connectivity index (χ0v) is 24.6. The van der Waals surface area contributed by atoms with E-state index in [-0.39, 0.29) is 5.92 Å². The minimum Gasteiger partial charge on any atom is -0.489 e. The van der Waals surface area contributed by atoms with Crippen LogP contribution in [0.3, 0.4) is 0 Å². The number of carboxylic acids is 1. The van der Waals surface area contributed by atoms with Crippen LogP contribution in [-0.4, -0.2) is 71.9 Å². The van der Waals surface area contributed by atoms with Crippen molar-refractivity contribution in [2.24, 2.45) is 11.8 Å². The topological polar surface area (TPSA) is 114 Å². The van der Waals surface area contributed by atoms with E-state index in [1.54, 1.807) is 0 Å². The molecular formula is C32H38ClN5O4. The number of halogens is 1. The van der Waals surface area contributed by atoms with Crippen LogP contribution in [0.1, 0.15) is 36.0 Å². The number of piperazine rings is 1. The second-order valence-corrected chi connectivity index (χ2v) is 12.0. The molecule has 222 valence electrons. The van der Waals surface area contributed by atoms with Gasteiger partial charge in [0.2, 0.25) is 5.95 Å². The monoisotopic (exact) mass is 591 g/mol. The summed E-state index contributed by atoms with van der Waals surface area (Å²) in [6.45, 7) is 6.29. The lowest BCUT2D eigenvalue weighted by Gasteiger charge is -2.37. The van der Waals surface area contributed by atoms with Gasteiger partial charge >= 0.3 is 5.97 Å². The number of carboxylic acid groups (broad SMARTS) is 1. The molecule has 6 rings (SSSR count). The second kappa shape index (κ2) is 12.9. The number of nitrogens with two attached hydrogens (primary N) is 1. The summed E-state index contributed by atoms with van der Waals surface area (Å²) in [7, 11) is 0. The summed E-state index contributed by atoms with van der Waals surface area (Å²) in [6.07, 6.45) is 4.22. The Labute approximate surface area is 251 Å². The highest BCUT2D eigenvalue weighted by molar-refractivity contribution is 6.30. The standard InChI is InChI=1S/C32H38ClN5O4/c33-25-6-2-21(3-7-25)20-42-26-8-10-27-23(18-26)5-9-28-29(27)35-32(34)36-30(28)38-13-11-37(12-14-38)15-16-41-19-22-1-4-24(17-22)31(39)40/h2-3,6-8,10,18,22,24H,1,4-5,9,11-17,19-20H2,(H,39,40)(H2,34,35,36). The number of rotatable bonds is 10. The van der Waals surface area contributed by atoms with E-state index in [0.29, 0.717) is 36.7 Å². The molecule has 2 heterocycles. The van der Waals surface area contributed by atoms with Crippen LogP contribution in [0.25, 0.3) is 11.3 Å². The highest BCUT2D eigenvalue weighted by atomic mass is 35.5. The second-order valence-electron chi connectivity index (χ2n) is 11.6. The van der Waals surface area contributed by atoms with Gasteiger partial charge in [-0.15, -0.1) is 0 Å². The number of hydrogen-bond acceptors (Lipinski definition) is 8. The zero-order chi connectivity index (χ0) is 29.1. The molecule has 3 aromatic rings. The van der Waals surface area contributed by atoms with Crippen LogP contribution in [0.15, 0.2) is 42.5 Å². The summed E-state index contributed by atoms with van der Waals surface area (Å²) >= 11 is 6.00. The van der Waals surface area contributed by atoms with Crippen LogP contribution in [-0.2, 0) is 29.0 Å². The molecule has 3 N–H and O–H groups in total. The summed E-state index contributed by atoms with van der Waals surface area (Å²) in [5.74, 6) is 1.59. The van der Waals surface area contributed by atoms with Crippen LogP contribution >= 0.6 is 11.6 Å². The normalized spacial score (nSPS) is 20.3. The molecule has 0 spiro atoms. The van der Waals surface area contributed by atoms with Crippen molar-refractivity contribution in [2.45, 2.75) is 38.7 Å². The Balaban J connectivity index is 1.04. The predicted octanol–water partition coefficient (Wildman–Crippen LogP) is 4.70. The zero-order valence-electron chi connectivity index (χ0n) is 23.8. The van der Waals surface area contributed by atoms with Crippen molar-refractivity contribution in [3.05, 3.63) is 64.2 Å². The molecule has 1 saturated carbocycles. The van der Waals surface area contributed by atoms with E-state index in [1.807, 2.05) is 30.3 Å². The molecule has 1 aromatic heterocycles. The van der Waals surface area contributed by atoms with Crippen LogP contribution in [0.5, 0.6) is 5.75 Å². The van der Waals surface area contributed by atoms with Gasteiger partial charge in [0.05, 0.1) is 18.2 Å². The molecule has 0 bridgehead atoms. The van der Waals surface area contributed by atoms with Crippen molar-refractivity contribution in [1.29, 1.82) is 0 Å². The first-order valence-corrected chi connectivity index (χ1v) is 15.3. The number of fused-ring (bicyclic) bond motifs is 3. The Morgan fingerprint density at radius 3 is 2.62 bits per heavy atom. The van der Waals surface area contributed by atoms with Crippen molar-refractivity contribution >= 4 is 29.3 Å². The van der Waals surface area contributed by atoms with Crippen molar-refractivity contribution in [3.8, 4) is 17.0 Å². The molecule has 0 amide bonds. The van der Waals surface area contributed by atoms with E-state index in [1.165, 1.54) is 11.1 Å². The average molecular weight is 592 g/mol. The number of nitrogens with zero attached hydrogens (tertiary/aromatic N) is 4. The summed E-state index contributed by atoms with van der Waals surface area (Å²) in [5.41, 5.74) is 11.7. The number of anilines is 2. The molecular weight excluding hydrogens is 554 g/mol. The van der Waals surface area contributed by atoms with Gasteiger partial charge in [0.1, 0.15) is 18.2 Å². The van der Waals surface area contributed by atoms with Gasteiger partial charge in [-0.25, -0.2) is 4.98 Å². The maximum Gasteiger partial charge on any atom is 0.306 e. The highest BCUT2D eigenvalue weighted by Gasteiger charge is 2.30. The summed E-state index contributed by atoms with van der Waals surface area (Å²) in [6, 6.07) is 13.9. The number of ether oxygens (including phenoxy) is 2. The van der Waals surface area contributed by atoms with Crippen molar-refractivity contribution in [3.63, 3.8) is 0 Å². The minimum absolute atomic E-state index is 0.195. The van der Waals surface area contributed by atoms with E-state index >= 15 is 0 Å². The van der Waals surface area contributed by atoms with Gasteiger partial charge in [-0.2, -0.15) is 4.98 Å². The van der Waals surface area contributed by atoms with E-state index in [9.17, 15) is 9.90 Å². The van der Waals surface area contributed by atoms with Crippen LogP contribution < -0.4 is 15.4 Å². The quantitative estimate of drug-likeness (QED) is 0.324. The van der Waals surface area contributed by atoms with Gasteiger partial charge in [-0.3, -0.25) is 9.69 Å². The van der Waals surface area contributed by atoms with Crippen molar-refractivity contribution in [2.75, 3.05) is 56.6 Å². The minimum atomic E-state index is -0.670. The summed E-state index contributed by atoms with van der Waals surface area (Å²) in [4.78, 5) is 25.3. The number of carbonyl (C=O) groups is 1. The van der Waals surface area contributed by atoms with E-state index < -0.39 is 5.97 Å². The largest absolute Gasteiger partial charge is 0.489 e. The van der Waals surface area contributed by atoms with E-state index in [0.717, 1.165) is 93.2 Å². The SMILES string of the molecule is Nc1nc2c(c(N3CCN(CCOCC4CCC(C(=O)O)C4)CC3)n1)CCc1cc(OCc3ccc(Cl)cc3)ccc1-2. The Hall–Kier alpha value is -3.40. The molecule has 2 aliphatic carbocycles. The molecule has 2 fully saturated rings. The van der Waals surface area contributed by atoms with Crippen LogP contribution in [0, 0.1) is 11.8 Å². The smallest absolute Gasteiger partial charge is 0.306 e.